The van der Waals surface area contributed by atoms with Gasteiger partial charge in [0.25, 0.3) is 0 Å². The summed E-state index contributed by atoms with van der Waals surface area (Å²) in [6.07, 6.45) is 1.83. The molecule has 0 bridgehead atoms. The first-order valence-electron chi connectivity index (χ1n) is 5.06. The van der Waals surface area contributed by atoms with E-state index < -0.39 is 0 Å². The van der Waals surface area contributed by atoms with Crippen LogP contribution in [0.4, 0.5) is 0 Å². The normalized spacial score (nSPS) is 12.5. The molecule has 0 amide bonds. The molecule has 1 rings (SSSR count). The van der Waals surface area contributed by atoms with Gasteiger partial charge in [0.05, 0.1) is 0 Å². The molecule has 1 aromatic rings. The molecule has 0 fully saturated rings. The summed E-state index contributed by atoms with van der Waals surface area (Å²) in [5, 5.41) is 0. The van der Waals surface area contributed by atoms with Gasteiger partial charge >= 0.3 is 0 Å². The first-order chi connectivity index (χ1) is 6.72. The Morgan fingerprint density at radius 1 is 1.29 bits per heavy atom. The predicted octanol–water partition coefficient (Wildman–Crippen LogP) is 2.47. The van der Waals surface area contributed by atoms with Crippen molar-refractivity contribution in [3.05, 3.63) is 34.9 Å². The third-order valence-corrected chi connectivity index (χ3v) is 2.53. The molecule has 0 spiro atoms. The molecule has 0 saturated heterocycles. The molecular weight excluding hydrogens is 172 g/mol. The quantitative estimate of drug-likeness (QED) is 0.728. The minimum atomic E-state index is -0.286. The SMILES string of the molecule is C=NC(N)c1ccc(CC)c(CC)c1. The number of nitrogens with two attached hydrogens (primary N) is 1. The van der Waals surface area contributed by atoms with Crippen molar-refractivity contribution < 1.29 is 0 Å². The number of nitrogens with zero attached hydrogens (tertiary/aromatic N) is 1. The second-order valence-corrected chi connectivity index (χ2v) is 3.36. The maximum atomic E-state index is 5.78. The Labute approximate surface area is 85.9 Å². The van der Waals surface area contributed by atoms with Crippen molar-refractivity contribution in [3.63, 3.8) is 0 Å². The number of hydrogen-bond acceptors (Lipinski definition) is 2. The first-order valence-corrected chi connectivity index (χ1v) is 5.06. The highest BCUT2D eigenvalue weighted by atomic mass is 14.9. The summed E-state index contributed by atoms with van der Waals surface area (Å²) in [6, 6.07) is 6.31. The largest absolute Gasteiger partial charge is 0.306 e. The number of aryl methyl sites for hydroxylation is 2. The van der Waals surface area contributed by atoms with Gasteiger partial charge in [-0.3, -0.25) is 4.99 Å². The summed E-state index contributed by atoms with van der Waals surface area (Å²) >= 11 is 0. The van der Waals surface area contributed by atoms with Crippen LogP contribution in [-0.4, -0.2) is 6.72 Å². The molecule has 0 heterocycles. The van der Waals surface area contributed by atoms with Gasteiger partial charge in [0.1, 0.15) is 6.17 Å². The molecule has 1 aromatic carbocycles. The van der Waals surface area contributed by atoms with Gasteiger partial charge in [0.15, 0.2) is 0 Å². The molecule has 0 aliphatic carbocycles. The highest BCUT2D eigenvalue weighted by molar-refractivity contribution is 5.35. The van der Waals surface area contributed by atoms with Crippen molar-refractivity contribution in [1.82, 2.24) is 0 Å². The Kier molecular flexibility index (Phi) is 3.84. The summed E-state index contributed by atoms with van der Waals surface area (Å²) in [4.78, 5) is 3.82. The van der Waals surface area contributed by atoms with Crippen molar-refractivity contribution >= 4 is 6.72 Å². The Hall–Kier alpha value is -1.15. The van der Waals surface area contributed by atoms with Crippen LogP contribution in [0.1, 0.15) is 36.7 Å². The zero-order chi connectivity index (χ0) is 10.6. The van der Waals surface area contributed by atoms with Crippen LogP contribution in [0, 0.1) is 0 Å². The highest BCUT2D eigenvalue weighted by Gasteiger charge is 2.05. The fourth-order valence-electron chi connectivity index (χ4n) is 1.61. The maximum absolute atomic E-state index is 5.78. The number of hydrogen-bond donors (Lipinski definition) is 1. The van der Waals surface area contributed by atoms with Crippen LogP contribution >= 0.6 is 0 Å². The van der Waals surface area contributed by atoms with E-state index in [1.807, 2.05) is 6.07 Å². The molecule has 0 saturated carbocycles. The molecule has 2 N–H and O–H groups in total. The highest BCUT2D eigenvalue weighted by Crippen LogP contribution is 2.18. The van der Waals surface area contributed by atoms with E-state index >= 15 is 0 Å². The smallest absolute Gasteiger partial charge is 0.122 e. The van der Waals surface area contributed by atoms with Crippen LogP contribution in [0.2, 0.25) is 0 Å². The van der Waals surface area contributed by atoms with Crippen molar-refractivity contribution in [2.75, 3.05) is 0 Å². The Morgan fingerprint density at radius 2 is 1.93 bits per heavy atom. The number of aliphatic imine (C=N–C) groups is 1. The van der Waals surface area contributed by atoms with Gasteiger partial charge in [-0.25, -0.2) is 0 Å². The number of rotatable bonds is 4. The Bertz CT molecular complexity index is 318. The second kappa shape index (κ2) is 4.91. The second-order valence-electron chi connectivity index (χ2n) is 3.36. The lowest BCUT2D eigenvalue weighted by Gasteiger charge is -2.11. The van der Waals surface area contributed by atoms with E-state index in [1.54, 1.807) is 0 Å². The molecule has 1 unspecified atom stereocenters. The predicted molar refractivity (Wildman–Crippen MR) is 61.7 cm³/mol. The van der Waals surface area contributed by atoms with Crippen LogP contribution < -0.4 is 5.73 Å². The lowest BCUT2D eigenvalue weighted by molar-refractivity contribution is 0.779. The summed E-state index contributed by atoms with van der Waals surface area (Å²) in [5.41, 5.74) is 9.59. The monoisotopic (exact) mass is 190 g/mol. The minimum absolute atomic E-state index is 0.286. The summed E-state index contributed by atoms with van der Waals surface area (Å²) in [6.45, 7) is 7.78. The van der Waals surface area contributed by atoms with Gasteiger partial charge in [-0.15, -0.1) is 0 Å². The molecule has 0 aliphatic rings. The topological polar surface area (TPSA) is 38.4 Å². The first kappa shape index (κ1) is 10.9. The third kappa shape index (κ3) is 2.20. The molecule has 2 heteroatoms. The van der Waals surface area contributed by atoms with Gasteiger partial charge in [-0.2, -0.15) is 0 Å². The summed E-state index contributed by atoms with van der Waals surface area (Å²) in [5.74, 6) is 0. The lowest BCUT2D eigenvalue weighted by Crippen LogP contribution is -2.07. The van der Waals surface area contributed by atoms with E-state index in [9.17, 15) is 0 Å². The molecule has 2 nitrogen and oxygen atoms in total. The van der Waals surface area contributed by atoms with Crippen LogP contribution in [0.15, 0.2) is 23.2 Å². The van der Waals surface area contributed by atoms with Crippen LogP contribution in [0.5, 0.6) is 0 Å². The van der Waals surface area contributed by atoms with Gasteiger partial charge < -0.3 is 5.73 Å². The van der Waals surface area contributed by atoms with Crippen molar-refractivity contribution in [2.24, 2.45) is 10.7 Å². The van der Waals surface area contributed by atoms with Crippen LogP contribution in [0.3, 0.4) is 0 Å². The number of benzene rings is 1. The molecule has 0 aliphatic heterocycles. The van der Waals surface area contributed by atoms with Crippen molar-refractivity contribution in [1.29, 1.82) is 0 Å². The van der Waals surface area contributed by atoms with E-state index in [1.165, 1.54) is 11.1 Å². The standard InChI is InChI=1S/C12H18N2/c1-4-9-6-7-11(12(13)14-3)8-10(9)5-2/h6-8,12H,3-5,13H2,1-2H3. The van der Waals surface area contributed by atoms with Crippen LogP contribution in [-0.2, 0) is 12.8 Å². The van der Waals surface area contributed by atoms with E-state index in [0.717, 1.165) is 18.4 Å². The molecule has 1 atom stereocenters. The lowest BCUT2D eigenvalue weighted by atomic mass is 9.99. The van der Waals surface area contributed by atoms with E-state index in [4.69, 9.17) is 5.73 Å². The van der Waals surface area contributed by atoms with Gasteiger partial charge in [0.2, 0.25) is 0 Å². The fraction of sp³-hybridized carbons (Fsp3) is 0.417. The average molecular weight is 190 g/mol. The maximum Gasteiger partial charge on any atom is 0.122 e. The summed E-state index contributed by atoms with van der Waals surface area (Å²) < 4.78 is 0. The Morgan fingerprint density at radius 3 is 2.43 bits per heavy atom. The van der Waals surface area contributed by atoms with Gasteiger partial charge in [0, 0.05) is 0 Å². The van der Waals surface area contributed by atoms with E-state index in [-0.39, 0.29) is 6.17 Å². The minimum Gasteiger partial charge on any atom is -0.306 e. The van der Waals surface area contributed by atoms with Crippen molar-refractivity contribution in [2.45, 2.75) is 32.9 Å². The van der Waals surface area contributed by atoms with Gasteiger partial charge in [-0.1, -0.05) is 32.0 Å². The molecule has 0 aromatic heterocycles. The van der Waals surface area contributed by atoms with Crippen molar-refractivity contribution in [3.8, 4) is 0 Å². The molecule has 76 valence electrons. The summed E-state index contributed by atoms with van der Waals surface area (Å²) in [7, 11) is 0. The average Bonchev–Trinajstić information content (AvgIpc) is 2.26. The zero-order valence-corrected chi connectivity index (χ0v) is 8.96. The van der Waals surface area contributed by atoms with E-state index in [2.05, 4.69) is 37.7 Å². The molecular formula is C12H18N2. The zero-order valence-electron chi connectivity index (χ0n) is 8.96. The fourth-order valence-corrected chi connectivity index (χ4v) is 1.61. The third-order valence-electron chi connectivity index (χ3n) is 2.53. The van der Waals surface area contributed by atoms with Crippen LogP contribution in [0.25, 0.3) is 0 Å². The van der Waals surface area contributed by atoms with Gasteiger partial charge in [-0.05, 0) is 36.2 Å². The molecule has 0 radical (unpaired) electrons. The molecule has 14 heavy (non-hydrogen) atoms. The Balaban J connectivity index is 3.06. The van der Waals surface area contributed by atoms with E-state index in [0.29, 0.717) is 0 Å².